The molecule has 0 saturated heterocycles. The maximum absolute atomic E-state index is 12.4. The molecule has 0 amide bonds. The van der Waals surface area contributed by atoms with Gasteiger partial charge in [0.15, 0.2) is 0 Å². The van der Waals surface area contributed by atoms with Gasteiger partial charge >= 0.3 is 5.69 Å². The highest BCUT2D eigenvalue weighted by atomic mass is 16.5. The van der Waals surface area contributed by atoms with Crippen LogP contribution in [0.5, 0.6) is 5.88 Å². The summed E-state index contributed by atoms with van der Waals surface area (Å²) in [4.78, 5) is 15.2. The van der Waals surface area contributed by atoms with Crippen LogP contribution < -0.4 is 5.69 Å². The van der Waals surface area contributed by atoms with Crippen LogP contribution >= 0.6 is 0 Å². The van der Waals surface area contributed by atoms with Crippen LogP contribution in [0.15, 0.2) is 21.7 Å². The van der Waals surface area contributed by atoms with Gasteiger partial charge in [0.25, 0.3) is 0 Å². The maximum Gasteiger partial charge on any atom is 0.333 e. The molecule has 3 aromatic heterocycles. The van der Waals surface area contributed by atoms with E-state index in [4.69, 9.17) is 4.52 Å². The summed E-state index contributed by atoms with van der Waals surface area (Å²) in [7, 11) is 0. The van der Waals surface area contributed by atoms with Crippen molar-refractivity contribution in [3.05, 3.63) is 45.6 Å². The lowest BCUT2D eigenvalue weighted by Crippen LogP contribution is -2.14. The molecule has 0 unspecified atom stereocenters. The molecule has 0 atom stereocenters. The fourth-order valence-corrected chi connectivity index (χ4v) is 3.80. The second-order valence-electron chi connectivity index (χ2n) is 7.12. The average molecular weight is 357 g/mol. The monoisotopic (exact) mass is 357 g/mol. The average Bonchev–Trinajstić information content (AvgIpc) is 3.37. The highest BCUT2D eigenvalue weighted by Crippen LogP contribution is 2.30. The van der Waals surface area contributed by atoms with E-state index in [1.807, 2.05) is 13.8 Å². The Labute approximate surface area is 150 Å². The molecular weight excluding hydrogens is 334 g/mol. The van der Waals surface area contributed by atoms with Gasteiger partial charge in [0.05, 0.1) is 29.8 Å². The summed E-state index contributed by atoms with van der Waals surface area (Å²) in [5.74, 6) is 1.27. The second kappa shape index (κ2) is 6.51. The van der Waals surface area contributed by atoms with E-state index in [2.05, 4.69) is 15.2 Å². The van der Waals surface area contributed by atoms with Crippen molar-refractivity contribution in [3.63, 3.8) is 0 Å². The third kappa shape index (κ3) is 2.95. The van der Waals surface area contributed by atoms with Crippen LogP contribution in [-0.4, -0.2) is 29.6 Å². The highest BCUT2D eigenvalue weighted by molar-refractivity contribution is 5.35. The molecule has 0 bridgehead atoms. The summed E-state index contributed by atoms with van der Waals surface area (Å²) in [5.41, 5.74) is 2.59. The van der Waals surface area contributed by atoms with E-state index in [9.17, 15) is 9.90 Å². The van der Waals surface area contributed by atoms with Crippen LogP contribution in [0.2, 0.25) is 0 Å². The predicted octanol–water partition coefficient (Wildman–Crippen LogP) is 2.45. The number of H-pyrrole nitrogens is 1. The molecule has 0 radical (unpaired) electrons. The quantitative estimate of drug-likeness (QED) is 0.730. The van der Waals surface area contributed by atoms with E-state index < -0.39 is 0 Å². The van der Waals surface area contributed by atoms with Gasteiger partial charge in [-0.2, -0.15) is 5.10 Å². The first-order valence-electron chi connectivity index (χ1n) is 9.00. The molecule has 8 heteroatoms. The molecule has 2 N–H and O–H groups in total. The lowest BCUT2D eigenvalue weighted by atomic mass is 10.0. The first-order chi connectivity index (χ1) is 12.5. The normalized spacial score (nSPS) is 15.2. The first-order valence-corrected chi connectivity index (χ1v) is 9.00. The standard InChI is InChI=1S/C18H23N5O3/c1-11-15(12(2)26-21-11)10-22-9-14(8-19-22)23-17(24)16(20-18(23)25)7-13-5-3-4-6-13/h8-9,13,24H,3-7,10H2,1-2H3,(H,20,25). The minimum absolute atomic E-state index is 0.0150. The Morgan fingerprint density at radius 2 is 2.12 bits per heavy atom. The number of aromatic amines is 1. The van der Waals surface area contributed by atoms with Crippen LogP contribution in [0, 0.1) is 19.8 Å². The third-order valence-electron chi connectivity index (χ3n) is 5.29. The number of aryl methyl sites for hydroxylation is 2. The smallest absolute Gasteiger partial charge is 0.333 e. The summed E-state index contributed by atoms with van der Waals surface area (Å²) in [5, 5.41) is 18.8. The molecule has 3 aromatic rings. The topological polar surface area (TPSA) is 102 Å². The molecule has 4 rings (SSSR count). The number of imidazole rings is 1. The molecule has 0 aromatic carbocycles. The van der Waals surface area contributed by atoms with Crippen molar-refractivity contribution in [2.24, 2.45) is 5.92 Å². The maximum atomic E-state index is 12.4. The summed E-state index contributed by atoms with van der Waals surface area (Å²) in [6, 6.07) is 0. The SMILES string of the molecule is Cc1noc(C)c1Cn1cc(-n2c(O)c(CC3CCCC3)[nH]c2=O)cn1. The van der Waals surface area contributed by atoms with Crippen LogP contribution in [-0.2, 0) is 13.0 Å². The molecule has 138 valence electrons. The third-order valence-corrected chi connectivity index (χ3v) is 5.29. The molecule has 1 saturated carbocycles. The molecule has 1 aliphatic rings. The zero-order valence-electron chi connectivity index (χ0n) is 15.0. The van der Waals surface area contributed by atoms with E-state index in [1.54, 1.807) is 17.1 Å². The molecule has 1 aliphatic carbocycles. The van der Waals surface area contributed by atoms with Crippen molar-refractivity contribution >= 4 is 0 Å². The second-order valence-corrected chi connectivity index (χ2v) is 7.12. The molecule has 1 fully saturated rings. The van der Waals surface area contributed by atoms with Gasteiger partial charge in [-0.1, -0.05) is 30.8 Å². The number of nitrogens with one attached hydrogen (secondary N) is 1. The highest BCUT2D eigenvalue weighted by Gasteiger charge is 2.22. The van der Waals surface area contributed by atoms with E-state index in [1.165, 1.54) is 17.4 Å². The lowest BCUT2D eigenvalue weighted by Gasteiger charge is -2.07. The Kier molecular flexibility index (Phi) is 4.18. The summed E-state index contributed by atoms with van der Waals surface area (Å²) >= 11 is 0. The molecule has 0 aliphatic heterocycles. The number of aromatic hydroxyl groups is 1. The number of hydrogen-bond donors (Lipinski definition) is 2. The zero-order valence-corrected chi connectivity index (χ0v) is 15.0. The number of nitrogens with zero attached hydrogens (tertiary/aromatic N) is 4. The van der Waals surface area contributed by atoms with Crippen molar-refractivity contribution < 1.29 is 9.63 Å². The summed E-state index contributed by atoms with van der Waals surface area (Å²) in [6.45, 7) is 4.24. The largest absolute Gasteiger partial charge is 0.493 e. The Hall–Kier alpha value is -2.77. The molecule has 8 nitrogen and oxygen atoms in total. The fraction of sp³-hybridized carbons (Fsp3) is 0.500. The Morgan fingerprint density at radius 1 is 1.35 bits per heavy atom. The predicted molar refractivity (Wildman–Crippen MR) is 94.6 cm³/mol. The Bertz CT molecular complexity index is 952. The minimum atomic E-state index is -0.340. The first kappa shape index (κ1) is 16.7. The molecule has 3 heterocycles. The van der Waals surface area contributed by atoms with Gasteiger partial charge in [-0.05, 0) is 26.2 Å². The molecular formula is C18H23N5O3. The van der Waals surface area contributed by atoms with Gasteiger partial charge in [0.2, 0.25) is 5.88 Å². The zero-order chi connectivity index (χ0) is 18.3. The molecule has 0 spiro atoms. The van der Waals surface area contributed by atoms with Crippen LogP contribution in [0.25, 0.3) is 5.69 Å². The number of hydrogen-bond acceptors (Lipinski definition) is 5. The minimum Gasteiger partial charge on any atom is -0.493 e. The van der Waals surface area contributed by atoms with Crippen molar-refractivity contribution in [1.29, 1.82) is 0 Å². The van der Waals surface area contributed by atoms with Crippen LogP contribution in [0.4, 0.5) is 0 Å². The number of aromatic nitrogens is 5. The van der Waals surface area contributed by atoms with Gasteiger partial charge in [0.1, 0.15) is 5.76 Å². The van der Waals surface area contributed by atoms with Gasteiger partial charge < -0.3 is 14.6 Å². The van der Waals surface area contributed by atoms with E-state index in [0.717, 1.165) is 29.9 Å². The fourth-order valence-electron chi connectivity index (χ4n) is 3.80. The summed E-state index contributed by atoms with van der Waals surface area (Å²) < 4.78 is 8.16. The van der Waals surface area contributed by atoms with E-state index in [-0.39, 0.29) is 11.6 Å². The van der Waals surface area contributed by atoms with E-state index in [0.29, 0.717) is 30.3 Å². The Morgan fingerprint density at radius 3 is 2.81 bits per heavy atom. The summed E-state index contributed by atoms with van der Waals surface area (Å²) in [6.07, 6.45) is 8.79. The van der Waals surface area contributed by atoms with Crippen molar-refractivity contribution in [3.8, 4) is 11.6 Å². The van der Waals surface area contributed by atoms with Crippen LogP contribution in [0.1, 0.15) is 48.4 Å². The molecule has 26 heavy (non-hydrogen) atoms. The lowest BCUT2D eigenvalue weighted by molar-refractivity contribution is 0.391. The van der Waals surface area contributed by atoms with Crippen molar-refractivity contribution in [2.45, 2.75) is 52.5 Å². The van der Waals surface area contributed by atoms with Gasteiger partial charge in [-0.15, -0.1) is 0 Å². The number of rotatable bonds is 5. The van der Waals surface area contributed by atoms with Gasteiger partial charge in [-0.3, -0.25) is 4.68 Å². The van der Waals surface area contributed by atoms with Gasteiger partial charge in [-0.25, -0.2) is 9.36 Å². The van der Waals surface area contributed by atoms with Crippen molar-refractivity contribution in [1.82, 2.24) is 24.5 Å². The van der Waals surface area contributed by atoms with Crippen molar-refractivity contribution in [2.75, 3.05) is 0 Å². The Balaban J connectivity index is 1.59. The van der Waals surface area contributed by atoms with Crippen LogP contribution in [0.3, 0.4) is 0 Å². The van der Waals surface area contributed by atoms with Gasteiger partial charge in [0, 0.05) is 11.8 Å². The van der Waals surface area contributed by atoms with E-state index >= 15 is 0 Å².